The zero-order valence-electron chi connectivity index (χ0n) is 14.5. The Morgan fingerprint density at radius 3 is 2.48 bits per heavy atom. The lowest BCUT2D eigenvalue weighted by Crippen LogP contribution is -2.22. The second-order valence-corrected chi connectivity index (χ2v) is 5.34. The van der Waals surface area contributed by atoms with Gasteiger partial charge in [-0.2, -0.15) is 8.78 Å². The molecule has 0 saturated heterocycles. The lowest BCUT2D eigenvalue weighted by atomic mass is 10.2. The molecule has 0 aliphatic rings. The topological polar surface area (TPSA) is 88.7 Å². The standard InChI is InChI=1S/C18H19F2N3O4/c1-26-11-17(25)22-13-6-4-5-12(9-13)21-10-16(24)23-14-7-2-3-8-15(14)27-18(19)20/h2-9,18,21H,10-11H2,1H3,(H,22,25)(H,23,24). The van der Waals surface area contributed by atoms with Crippen LogP contribution >= 0.6 is 0 Å². The van der Waals surface area contributed by atoms with Crippen LogP contribution in [-0.2, 0) is 14.3 Å². The van der Waals surface area contributed by atoms with Crippen molar-refractivity contribution in [3.8, 4) is 5.75 Å². The van der Waals surface area contributed by atoms with Crippen molar-refractivity contribution in [2.75, 3.05) is 36.2 Å². The van der Waals surface area contributed by atoms with Crippen LogP contribution in [0.1, 0.15) is 0 Å². The van der Waals surface area contributed by atoms with E-state index in [1.165, 1.54) is 25.3 Å². The van der Waals surface area contributed by atoms with Crippen molar-refractivity contribution in [2.45, 2.75) is 6.61 Å². The van der Waals surface area contributed by atoms with E-state index in [1.807, 2.05) is 0 Å². The molecule has 144 valence electrons. The molecule has 9 heteroatoms. The largest absolute Gasteiger partial charge is 0.433 e. The first-order valence-electron chi connectivity index (χ1n) is 7.94. The number of carbonyl (C=O) groups excluding carboxylic acids is 2. The molecular weight excluding hydrogens is 360 g/mol. The van der Waals surface area contributed by atoms with Crippen molar-refractivity contribution in [1.29, 1.82) is 0 Å². The third-order valence-corrected chi connectivity index (χ3v) is 3.25. The number of benzene rings is 2. The number of halogens is 2. The molecule has 0 bridgehead atoms. The highest BCUT2D eigenvalue weighted by Crippen LogP contribution is 2.25. The third-order valence-electron chi connectivity index (χ3n) is 3.25. The van der Waals surface area contributed by atoms with Gasteiger partial charge in [-0.25, -0.2) is 0 Å². The summed E-state index contributed by atoms with van der Waals surface area (Å²) in [5, 5.41) is 8.03. The maximum absolute atomic E-state index is 12.4. The van der Waals surface area contributed by atoms with E-state index in [1.54, 1.807) is 30.3 Å². The molecule has 27 heavy (non-hydrogen) atoms. The van der Waals surface area contributed by atoms with E-state index in [-0.39, 0.29) is 30.5 Å². The molecule has 3 N–H and O–H groups in total. The molecule has 0 aliphatic carbocycles. The van der Waals surface area contributed by atoms with Gasteiger partial charge in [-0.3, -0.25) is 9.59 Å². The molecule has 0 radical (unpaired) electrons. The van der Waals surface area contributed by atoms with E-state index in [0.29, 0.717) is 11.4 Å². The van der Waals surface area contributed by atoms with Crippen molar-refractivity contribution in [3.05, 3.63) is 48.5 Å². The number of alkyl halides is 2. The predicted molar refractivity (Wildman–Crippen MR) is 97.1 cm³/mol. The summed E-state index contributed by atoms with van der Waals surface area (Å²) in [6.45, 7) is -3.17. The van der Waals surface area contributed by atoms with Gasteiger partial charge in [0.15, 0.2) is 0 Å². The number of carbonyl (C=O) groups is 2. The first kappa shape index (κ1) is 20.1. The monoisotopic (exact) mass is 379 g/mol. The summed E-state index contributed by atoms with van der Waals surface area (Å²) in [4.78, 5) is 23.6. The molecule has 2 aromatic rings. The molecule has 0 saturated carbocycles. The molecule has 2 rings (SSSR count). The van der Waals surface area contributed by atoms with Crippen molar-refractivity contribution >= 4 is 28.9 Å². The van der Waals surface area contributed by atoms with Crippen LogP contribution in [0.4, 0.5) is 25.8 Å². The van der Waals surface area contributed by atoms with Gasteiger partial charge in [0.2, 0.25) is 11.8 Å². The van der Waals surface area contributed by atoms with Crippen LogP contribution in [-0.4, -0.2) is 38.7 Å². The SMILES string of the molecule is COCC(=O)Nc1cccc(NCC(=O)Nc2ccccc2OC(F)F)c1. The number of nitrogens with one attached hydrogen (secondary N) is 3. The smallest absolute Gasteiger partial charge is 0.387 e. The van der Waals surface area contributed by atoms with Gasteiger partial charge >= 0.3 is 6.61 Å². The molecule has 0 aliphatic heterocycles. The number of amides is 2. The Hall–Kier alpha value is -3.20. The number of anilines is 3. The van der Waals surface area contributed by atoms with Gasteiger partial charge in [0, 0.05) is 18.5 Å². The van der Waals surface area contributed by atoms with Gasteiger partial charge in [-0.15, -0.1) is 0 Å². The van der Waals surface area contributed by atoms with Crippen molar-refractivity contribution < 1.29 is 27.8 Å². The lowest BCUT2D eigenvalue weighted by Gasteiger charge is -2.13. The number of rotatable bonds is 9. The van der Waals surface area contributed by atoms with Gasteiger partial charge in [-0.1, -0.05) is 18.2 Å². The second kappa shape index (κ2) is 10.1. The predicted octanol–water partition coefficient (Wildman–Crippen LogP) is 2.92. The van der Waals surface area contributed by atoms with Crippen molar-refractivity contribution in [1.82, 2.24) is 0 Å². The fourth-order valence-electron chi connectivity index (χ4n) is 2.18. The molecule has 2 amide bonds. The van der Waals surface area contributed by atoms with Crippen LogP contribution in [0.15, 0.2) is 48.5 Å². The minimum atomic E-state index is -2.99. The van der Waals surface area contributed by atoms with E-state index in [2.05, 4.69) is 20.7 Å². The van der Waals surface area contributed by atoms with E-state index < -0.39 is 12.5 Å². The van der Waals surface area contributed by atoms with E-state index in [9.17, 15) is 18.4 Å². The van der Waals surface area contributed by atoms with E-state index in [0.717, 1.165) is 0 Å². The minimum absolute atomic E-state index is 0.0693. The zero-order chi connectivity index (χ0) is 19.6. The number of para-hydroxylation sites is 2. The quantitative estimate of drug-likeness (QED) is 0.623. The Morgan fingerprint density at radius 2 is 1.74 bits per heavy atom. The van der Waals surface area contributed by atoms with Crippen LogP contribution in [0, 0.1) is 0 Å². The lowest BCUT2D eigenvalue weighted by molar-refractivity contribution is -0.119. The van der Waals surface area contributed by atoms with Gasteiger partial charge in [0.1, 0.15) is 12.4 Å². The molecule has 0 aromatic heterocycles. The van der Waals surface area contributed by atoms with E-state index >= 15 is 0 Å². The highest BCUT2D eigenvalue weighted by Gasteiger charge is 2.11. The van der Waals surface area contributed by atoms with Crippen molar-refractivity contribution in [3.63, 3.8) is 0 Å². The summed E-state index contributed by atoms with van der Waals surface area (Å²) in [6.07, 6.45) is 0. The highest BCUT2D eigenvalue weighted by atomic mass is 19.3. The van der Waals surface area contributed by atoms with Crippen LogP contribution in [0.25, 0.3) is 0 Å². The molecule has 0 spiro atoms. The maximum atomic E-state index is 12.4. The van der Waals surface area contributed by atoms with Crippen LogP contribution < -0.4 is 20.7 Å². The molecule has 0 unspecified atom stereocenters. The van der Waals surface area contributed by atoms with Crippen LogP contribution in [0.2, 0.25) is 0 Å². The number of ether oxygens (including phenoxy) is 2. The maximum Gasteiger partial charge on any atom is 0.387 e. The van der Waals surface area contributed by atoms with Gasteiger partial charge in [-0.05, 0) is 30.3 Å². The summed E-state index contributed by atoms with van der Waals surface area (Å²) in [5.41, 5.74) is 1.28. The van der Waals surface area contributed by atoms with Gasteiger partial charge in [0.25, 0.3) is 0 Å². The summed E-state index contributed by atoms with van der Waals surface area (Å²) in [5.74, 6) is -0.874. The number of hydrogen-bond acceptors (Lipinski definition) is 5. The molecule has 7 nitrogen and oxygen atoms in total. The Bertz CT molecular complexity index is 787. The van der Waals surface area contributed by atoms with E-state index in [4.69, 9.17) is 4.74 Å². The second-order valence-electron chi connectivity index (χ2n) is 5.34. The average Bonchev–Trinajstić information content (AvgIpc) is 2.62. The summed E-state index contributed by atoms with van der Waals surface area (Å²) >= 11 is 0. The average molecular weight is 379 g/mol. The molecule has 2 aromatic carbocycles. The number of hydrogen-bond donors (Lipinski definition) is 3. The third kappa shape index (κ3) is 6.90. The number of methoxy groups -OCH3 is 1. The summed E-state index contributed by atoms with van der Waals surface area (Å²) in [6, 6.07) is 12.7. The van der Waals surface area contributed by atoms with Crippen LogP contribution in [0.3, 0.4) is 0 Å². The Balaban J connectivity index is 1.92. The molecular formula is C18H19F2N3O4. The fourth-order valence-corrected chi connectivity index (χ4v) is 2.18. The fraction of sp³-hybridized carbons (Fsp3) is 0.222. The first-order chi connectivity index (χ1) is 13.0. The minimum Gasteiger partial charge on any atom is -0.433 e. The first-order valence-corrected chi connectivity index (χ1v) is 7.94. The normalized spacial score (nSPS) is 10.4. The summed E-state index contributed by atoms with van der Waals surface area (Å²) in [7, 11) is 1.42. The van der Waals surface area contributed by atoms with Gasteiger partial charge in [0.05, 0.1) is 12.2 Å². The molecule has 0 heterocycles. The summed E-state index contributed by atoms with van der Waals surface area (Å²) < 4.78 is 33.9. The Labute approximate surface area is 154 Å². The highest BCUT2D eigenvalue weighted by molar-refractivity contribution is 5.95. The van der Waals surface area contributed by atoms with Crippen LogP contribution in [0.5, 0.6) is 5.75 Å². The zero-order valence-corrected chi connectivity index (χ0v) is 14.5. The molecule has 0 atom stereocenters. The molecule has 0 fully saturated rings. The Kier molecular flexibility index (Phi) is 7.50. The van der Waals surface area contributed by atoms with Crippen molar-refractivity contribution in [2.24, 2.45) is 0 Å². The van der Waals surface area contributed by atoms with Gasteiger partial charge < -0.3 is 25.4 Å². The Morgan fingerprint density at radius 1 is 1.00 bits per heavy atom.